The molecule has 15 heavy (non-hydrogen) atoms. The molecule has 1 aliphatic rings. The summed E-state index contributed by atoms with van der Waals surface area (Å²) in [7, 11) is 1.13. The minimum atomic E-state index is -0.585. The van der Waals surface area contributed by atoms with Crippen molar-refractivity contribution < 1.29 is 8.95 Å². The maximum atomic E-state index is 11.1. The van der Waals surface area contributed by atoms with Crippen LogP contribution in [0.15, 0.2) is 0 Å². The Hall–Kier alpha value is 0.0300. The maximum Gasteiger partial charge on any atom is 0.0462 e. The minimum absolute atomic E-state index is 0.228. The Balaban J connectivity index is 2.09. The van der Waals surface area contributed by atoms with Gasteiger partial charge in [0.2, 0.25) is 0 Å². The first-order chi connectivity index (χ1) is 7.22. The number of nitrogens with two attached hydrogens (primary N) is 1. The van der Waals surface area contributed by atoms with E-state index >= 15 is 0 Å². The molecule has 1 rings (SSSR count). The Morgan fingerprint density at radius 3 is 2.73 bits per heavy atom. The summed E-state index contributed by atoms with van der Waals surface area (Å²) in [4.78, 5) is 2.32. The fourth-order valence-electron chi connectivity index (χ4n) is 1.77. The van der Waals surface area contributed by atoms with Gasteiger partial charge in [0.1, 0.15) is 0 Å². The molecule has 90 valence electrons. The molecule has 2 N–H and O–H groups in total. The quantitative estimate of drug-likeness (QED) is 0.647. The van der Waals surface area contributed by atoms with E-state index in [2.05, 4.69) is 4.90 Å². The van der Waals surface area contributed by atoms with Crippen molar-refractivity contribution in [2.75, 3.05) is 44.9 Å². The predicted octanol–water partition coefficient (Wildman–Crippen LogP) is -0.195. The lowest BCUT2D eigenvalue weighted by Crippen LogP contribution is -2.44. The van der Waals surface area contributed by atoms with Gasteiger partial charge in [0, 0.05) is 61.7 Å². The van der Waals surface area contributed by atoms with E-state index in [1.54, 1.807) is 7.11 Å². The molecule has 1 heterocycles. The van der Waals surface area contributed by atoms with Crippen molar-refractivity contribution in [3.05, 3.63) is 0 Å². The number of hydrogen-bond donors (Lipinski definition) is 1. The van der Waals surface area contributed by atoms with Crippen LogP contribution in [-0.4, -0.2) is 60.0 Å². The Morgan fingerprint density at radius 1 is 1.47 bits per heavy atom. The average molecular weight is 234 g/mol. The summed E-state index contributed by atoms with van der Waals surface area (Å²) in [6.07, 6.45) is 2.03. The SMILES string of the molecule is COCCCC(N)CN1CCS(=O)CC1. The van der Waals surface area contributed by atoms with Gasteiger partial charge in [-0.05, 0) is 12.8 Å². The average Bonchev–Trinajstić information content (AvgIpc) is 2.22. The lowest BCUT2D eigenvalue weighted by molar-refractivity contribution is 0.186. The van der Waals surface area contributed by atoms with Gasteiger partial charge in [0.15, 0.2) is 0 Å². The van der Waals surface area contributed by atoms with Gasteiger partial charge in [-0.25, -0.2) is 0 Å². The summed E-state index contributed by atoms with van der Waals surface area (Å²) in [5.74, 6) is 1.62. The summed E-state index contributed by atoms with van der Waals surface area (Å²) in [6.45, 7) is 3.59. The molecule has 0 bridgehead atoms. The topological polar surface area (TPSA) is 55.6 Å². The molecule has 0 aromatic heterocycles. The van der Waals surface area contributed by atoms with E-state index in [9.17, 15) is 4.21 Å². The maximum absolute atomic E-state index is 11.1. The van der Waals surface area contributed by atoms with E-state index in [0.29, 0.717) is 0 Å². The molecule has 5 heteroatoms. The lowest BCUT2D eigenvalue weighted by Gasteiger charge is -2.28. The first-order valence-corrected chi connectivity index (χ1v) is 7.03. The summed E-state index contributed by atoms with van der Waals surface area (Å²) >= 11 is 0. The zero-order valence-corrected chi connectivity index (χ0v) is 10.3. The normalized spacial score (nSPS) is 21.7. The van der Waals surface area contributed by atoms with Gasteiger partial charge in [-0.2, -0.15) is 0 Å². The van der Waals surface area contributed by atoms with Crippen molar-refractivity contribution >= 4 is 10.8 Å². The molecular formula is C10H22N2O2S. The summed E-state index contributed by atoms with van der Waals surface area (Å²) in [5.41, 5.74) is 6.01. The molecule has 0 aromatic carbocycles. The van der Waals surface area contributed by atoms with Crippen LogP contribution in [0, 0.1) is 0 Å². The molecule has 0 amide bonds. The summed E-state index contributed by atoms with van der Waals surface area (Å²) < 4.78 is 16.1. The predicted molar refractivity (Wildman–Crippen MR) is 63.4 cm³/mol. The van der Waals surface area contributed by atoms with Gasteiger partial charge in [-0.1, -0.05) is 0 Å². The minimum Gasteiger partial charge on any atom is -0.385 e. The number of nitrogens with zero attached hydrogens (tertiary/aromatic N) is 1. The Kier molecular flexibility index (Phi) is 6.40. The Bertz CT molecular complexity index is 192. The molecule has 1 aliphatic heterocycles. The van der Waals surface area contributed by atoms with Crippen LogP contribution >= 0.6 is 0 Å². The second-order valence-corrected chi connectivity index (χ2v) is 5.74. The van der Waals surface area contributed by atoms with E-state index in [1.807, 2.05) is 0 Å². The van der Waals surface area contributed by atoms with Crippen LogP contribution in [-0.2, 0) is 15.5 Å². The molecule has 4 nitrogen and oxygen atoms in total. The number of hydrogen-bond acceptors (Lipinski definition) is 4. The van der Waals surface area contributed by atoms with Crippen LogP contribution < -0.4 is 5.73 Å². The molecular weight excluding hydrogens is 212 g/mol. The summed E-state index contributed by atoms with van der Waals surface area (Å²) in [6, 6.07) is 0.228. The van der Waals surface area contributed by atoms with Crippen LogP contribution in [0.5, 0.6) is 0 Å². The lowest BCUT2D eigenvalue weighted by atomic mass is 10.1. The molecule has 1 fully saturated rings. The molecule has 1 atom stereocenters. The van der Waals surface area contributed by atoms with Crippen LogP contribution in [0.25, 0.3) is 0 Å². The smallest absolute Gasteiger partial charge is 0.0462 e. The largest absolute Gasteiger partial charge is 0.385 e. The van der Waals surface area contributed by atoms with Gasteiger partial charge in [0.25, 0.3) is 0 Å². The van der Waals surface area contributed by atoms with Crippen LogP contribution in [0.4, 0.5) is 0 Å². The fraction of sp³-hybridized carbons (Fsp3) is 1.00. The Labute approximate surface area is 94.6 Å². The van der Waals surface area contributed by atoms with Crippen LogP contribution in [0.1, 0.15) is 12.8 Å². The molecule has 0 spiro atoms. The highest BCUT2D eigenvalue weighted by Crippen LogP contribution is 2.03. The standard InChI is InChI=1S/C10H22N2O2S/c1-14-6-2-3-10(11)9-12-4-7-15(13)8-5-12/h10H,2-9,11H2,1H3. The monoisotopic (exact) mass is 234 g/mol. The molecule has 1 unspecified atom stereocenters. The van der Waals surface area contributed by atoms with Crippen molar-refractivity contribution in [2.24, 2.45) is 5.73 Å². The van der Waals surface area contributed by atoms with Crippen molar-refractivity contribution in [1.29, 1.82) is 0 Å². The third kappa shape index (κ3) is 5.61. The van der Waals surface area contributed by atoms with Crippen molar-refractivity contribution in [1.82, 2.24) is 4.90 Å². The summed E-state index contributed by atoms with van der Waals surface area (Å²) in [5, 5.41) is 0. The van der Waals surface area contributed by atoms with E-state index in [-0.39, 0.29) is 6.04 Å². The zero-order chi connectivity index (χ0) is 11.1. The molecule has 0 aliphatic carbocycles. The van der Waals surface area contributed by atoms with Gasteiger partial charge in [-0.15, -0.1) is 0 Å². The second kappa shape index (κ2) is 7.33. The Morgan fingerprint density at radius 2 is 2.13 bits per heavy atom. The molecule has 0 radical (unpaired) electrons. The van der Waals surface area contributed by atoms with Crippen LogP contribution in [0.3, 0.4) is 0 Å². The number of methoxy groups -OCH3 is 1. The molecule has 1 saturated heterocycles. The van der Waals surface area contributed by atoms with E-state index in [0.717, 1.165) is 50.6 Å². The van der Waals surface area contributed by atoms with Gasteiger partial charge in [-0.3, -0.25) is 9.11 Å². The van der Waals surface area contributed by atoms with E-state index in [4.69, 9.17) is 10.5 Å². The number of ether oxygens (including phenoxy) is 1. The third-order valence-corrected chi connectivity index (χ3v) is 3.96. The first kappa shape index (κ1) is 13.1. The highest BCUT2D eigenvalue weighted by molar-refractivity contribution is 7.85. The fourth-order valence-corrected chi connectivity index (χ4v) is 2.90. The molecule has 0 aromatic rings. The van der Waals surface area contributed by atoms with Crippen molar-refractivity contribution in [3.63, 3.8) is 0 Å². The second-order valence-electron chi connectivity index (χ2n) is 4.04. The van der Waals surface area contributed by atoms with Crippen molar-refractivity contribution in [3.8, 4) is 0 Å². The number of rotatable bonds is 6. The third-order valence-electron chi connectivity index (χ3n) is 2.69. The van der Waals surface area contributed by atoms with Crippen LogP contribution in [0.2, 0.25) is 0 Å². The highest BCUT2D eigenvalue weighted by atomic mass is 32.2. The molecule has 0 saturated carbocycles. The van der Waals surface area contributed by atoms with Gasteiger partial charge < -0.3 is 10.5 Å². The van der Waals surface area contributed by atoms with Gasteiger partial charge >= 0.3 is 0 Å². The van der Waals surface area contributed by atoms with E-state index in [1.165, 1.54) is 0 Å². The van der Waals surface area contributed by atoms with Crippen molar-refractivity contribution in [2.45, 2.75) is 18.9 Å². The van der Waals surface area contributed by atoms with E-state index < -0.39 is 10.8 Å². The van der Waals surface area contributed by atoms with Gasteiger partial charge in [0.05, 0.1) is 0 Å². The zero-order valence-electron chi connectivity index (χ0n) is 9.48. The first-order valence-electron chi connectivity index (χ1n) is 5.54. The highest BCUT2D eigenvalue weighted by Gasteiger charge is 2.16.